The second-order valence-corrected chi connectivity index (χ2v) is 4.91. The van der Waals surface area contributed by atoms with Crippen LogP contribution in [0, 0.1) is 0 Å². The lowest BCUT2D eigenvalue weighted by Gasteiger charge is -2.11. The molecule has 1 heterocycles. The minimum atomic E-state index is -4.49. The van der Waals surface area contributed by atoms with Crippen molar-refractivity contribution in [2.75, 3.05) is 13.2 Å². The third-order valence-corrected chi connectivity index (χ3v) is 2.72. The lowest BCUT2D eigenvalue weighted by molar-refractivity contribution is -0.180. The highest BCUT2D eigenvalue weighted by Crippen LogP contribution is 2.17. The molecule has 0 spiro atoms. The molecule has 0 aromatic rings. The maximum atomic E-state index is 13.9. The minimum absolute atomic E-state index is 0.0293. The summed E-state index contributed by atoms with van der Waals surface area (Å²) >= 11 is 0. The normalized spacial score (nSPS) is 20.6. The Balaban J connectivity index is 2.64. The van der Waals surface area contributed by atoms with Gasteiger partial charge < -0.3 is 20.9 Å². The SMILES string of the molecule is CC(O)/C=C\C(=C/N)CNC1=C(F)C=NC(OCC(F)(F)F)C=C1. The van der Waals surface area contributed by atoms with Crippen LogP contribution in [0.2, 0.25) is 0 Å². The van der Waals surface area contributed by atoms with Crippen molar-refractivity contribution in [1.82, 2.24) is 5.32 Å². The zero-order valence-electron chi connectivity index (χ0n) is 12.9. The number of ether oxygens (including phenoxy) is 1. The zero-order valence-corrected chi connectivity index (χ0v) is 12.9. The van der Waals surface area contributed by atoms with E-state index in [9.17, 15) is 17.6 Å². The Bertz CT molecular complexity index is 564. The van der Waals surface area contributed by atoms with Gasteiger partial charge in [-0.25, -0.2) is 4.39 Å². The Labute approximate surface area is 136 Å². The second kappa shape index (κ2) is 9.24. The number of nitrogens with one attached hydrogen (secondary N) is 1. The highest BCUT2D eigenvalue weighted by molar-refractivity contribution is 5.78. The first-order chi connectivity index (χ1) is 11.2. The quantitative estimate of drug-likeness (QED) is 0.486. The molecule has 9 heteroatoms. The lowest BCUT2D eigenvalue weighted by atomic mass is 10.2. The van der Waals surface area contributed by atoms with Crippen molar-refractivity contribution >= 4 is 6.21 Å². The molecular weight excluding hydrogens is 330 g/mol. The van der Waals surface area contributed by atoms with Crippen molar-refractivity contribution in [3.05, 3.63) is 47.6 Å². The van der Waals surface area contributed by atoms with E-state index < -0.39 is 30.9 Å². The predicted molar refractivity (Wildman–Crippen MR) is 82.7 cm³/mol. The number of alkyl halides is 3. The molecule has 0 aromatic heterocycles. The molecule has 1 rings (SSSR count). The molecule has 2 atom stereocenters. The van der Waals surface area contributed by atoms with Crippen molar-refractivity contribution in [3.63, 3.8) is 0 Å². The molecule has 0 radical (unpaired) electrons. The number of hydrogen-bond donors (Lipinski definition) is 3. The molecule has 0 amide bonds. The molecule has 134 valence electrons. The predicted octanol–water partition coefficient (Wildman–Crippen LogP) is 2.08. The van der Waals surface area contributed by atoms with E-state index in [0.29, 0.717) is 5.57 Å². The molecule has 5 nitrogen and oxygen atoms in total. The first-order valence-corrected chi connectivity index (χ1v) is 7.01. The summed E-state index contributed by atoms with van der Waals surface area (Å²) in [5.74, 6) is -0.750. The third kappa shape index (κ3) is 7.93. The minimum Gasteiger partial charge on any atom is -0.404 e. The molecule has 0 aromatic carbocycles. The highest BCUT2D eigenvalue weighted by atomic mass is 19.4. The van der Waals surface area contributed by atoms with Gasteiger partial charge in [0.15, 0.2) is 12.1 Å². The average molecular weight is 349 g/mol. The molecular formula is C15H19F4N3O2. The molecule has 0 saturated heterocycles. The standard InChI is InChI=1S/C15H19F4N3O2/c1-10(23)2-3-11(6-20)7-21-13-4-5-14(22-8-12(13)16)24-9-15(17,18)19/h2-6,8,10,14,21,23H,7,9,20H2,1H3/b3-2-,11-6+. The van der Waals surface area contributed by atoms with Gasteiger partial charge in [0.05, 0.1) is 18.0 Å². The fourth-order valence-electron chi connectivity index (χ4n) is 1.57. The number of halogens is 4. The summed E-state index contributed by atoms with van der Waals surface area (Å²) in [6.07, 6.45) is 1.22. The summed E-state index contributed by atoms with van der Waals surface area (Å²) in [5.41, 5.74) is 6.04. The van der Waals surface area contributed by atoms with Gasteiger partial charge in [0.2, 0.25) is 0 Å². The Morgan fingerprint density at radius 3 is 2.83 bits per heavy atom. The van der Waals surface area contributed by atoms with Gasteiger partial charge in [-0.3, -0.25) is 4.99 Å². The van der Waals surface area contributed by atoms with Crippen LogP contribution in [-0.4, -0.2) is 43.0 Å². The van der Waals surface area contributed by atoms with Crippen LogP contribution in [0.5, 0.6) is 0 Å². The molecule has 1 aliphatic heterocycles. The van der Waals surface area contributed by atoms with Crippen LogP contribution >= 0.6 is 0 Å². The highest BCUT2D eigenvalue weighted by Gasteiger charge is 2.29. The summed E-state index contributed by atoms with van der Waals surface area (Å²) in [7, 11) is 0. The largest absolute Gasteiger partial charge is 0.411 e. The number of rotatable bonds is 7. The van der Waals surface area contributed by atoms with Crippen molar-refractivity contribution in [2.45, 2.75) is 25.4 Å². The van der Waals surface area contributed by atoms with Crippen LogP contribution in [0.3, 0.4) is 0 Å². The summed E-state index contributed by atoms with van der Waals surface area (Å²) in [4.78, 5) is 3.57. The van der Waals surface area contributed by atoms with Crippen LogP contribution in [0.1, 0.15) is 6.92 Å². The van der Waals surface area contributed by atoms with Crippen LogP contribution < -0.4 is 11.1 Å². The van der Waals surface area contributed by atoms with E-state index in [4.69, 9.17) is 10.8 Å². The van der Waals surface area contributed by atoms with E-state index in [1.54, 1.807) is 13.0 Å². The topological polar surface area (TPSA) is 79.9 Å². The summed E-state index contributed by atoms with van der Waals surface area (Å²) in [6.45, 7) is 0.231. The second-order valence-electron chi connectivity index (χ2n) is 4.91. The number of aliphatic hydroxyl groups excluding tert-OH is 1. The summed E-state index contributed by atoms with van der Waals surface area (Å²) < 4.78 is 54.7. The van der Waals surface area contributed by atoms with Crippen LogP contribution in [0.25, 0.3) is 0 Å². The Morgan fingerprint density at radius 1 is 1.54 bits per heavy atom. The molecule has 24 heavy (non-hydrogen) atoms. The number of hydrogen-bond acceptors (Lipinski definition) is 5. The Morgan fingerprint density at radius 2 is 2.25 bits per heavy atom. The zero-order chi connectivity index (χ0) is 18.2. The number of allylic oxidation sites excluding steroid dienone is 2. The van der Waals surface area contributed by atoms with Gasteiger partial charge in [-0.1, -0.05) is 12.2 Å². The molecule has 1 aliphatic rings. The van der Waals surface area contributed by atoms with Crippen molar-refractivity contribution in [2.24, 2.45) is 10.7 Å². The fraction of sp³-hybridized carbons (Fsp3) is 0.400. The number of aliphatic hydroxyl groups is 1. The number of aliphatic imine (C=N–C) groups is 1. The molecule has 4 N–H and O–H groups in total. The Kier molecular flexibility index (Phi) is 7.66. The van der Waals surface area contributed by atoms with E-state index in [2.05, 4.69) is 15.0 Å². The Hall–Kier alpha value is -2.13. The van der Waals surface area contributed by atoms with Crippen LogP contribution in [-0.2, 0) is 4.74 Å². The van der Waals surface area contributed by atoms with Gasteiger partial charge in [-0.15, -0.1) is 0 Å². The van der Waals surface area contributed by atoms with Gasteiger partial charge >= 0.3 is 6.18 Å². The van der Waals surface area contributed by atoms with Gasteiger partial charge in [-0.2, -0.15) is 13.2 Å². The molecule has 0 fully saturated rings. The maximum absolute atomic E-state index is 13.9. The summed E-state index contributed by atoms with van der Waals surface area (Å²) in [6, 6.07) is 0. The van der Waals surface area contributed by atoms with Crippen LogP contribution in [0.15, 0.2) is 52.6 Å². The summed E-state index contributed by atoms with van der Waals surface area (Å²) in [5, 5.41) is 11.9. The fourth-order valence-corrected chi connectivity index (χ4v) is 1.57. The first-order valence-electron chi connectivity index (χ1n) is 7.01. The maximum Gasteiger partial charge on any atom is 0.411 e. The van der Waals surface area contributed by atoms with Gasteiger partial charge in [-0.05, 0) is 30.8 Å². The third-order valence-electron chi connectivity index (χ3n) is 2.72. The van der Waals surface area contributed by atoms with Crippen molar-refractivity contribution < 1.29 is 27.4 Å². The van der Waals surface area contributed by atoms with E-state index in [0.717, 1.165) is 6.21 Å². The monoisotopic (exact) mass is 349 g/mol. The molecule has 0 saturated carbocycles. The molecule has 0 bridgehead atoms. The van der Waals surface area contributed by atoms with Gasteiger partial charge in [0.1, 0.15) is 6.61 Å². The van der Waals surface area contributed by atoms with Crippen molar-refractivity contribution in [1.29, 1.82) is 0 Å². The van der Waals surface area contributed by atoms with E-state index in [-0.39, 0.29) is 12.2 Å². The van der Waals surface area contributed by atoms with E-state index >= 15 is 0 Å². The first kappa shape index (κ1) is 19.9. The lowest BCUT2D eigenvalue weighted by Crippen LogP contribution is -2.21. The van der Waals surface area contributed by atoms with E-state index in [1.807, 2.05) is 0 Å². The van der Waals surface area contributed by atoms with E-state index in [1.165, 1.54) is 24.4 Å². The van der Waals surface area contributed by atoms with Crippen LogP contribution in [0.4, 0.5) is 17.6 Å². The number of nitrogens with two attached hydrogens (primary N) is 1. The molecule has 0 aliphatic carbocycles. The van der Waals surface area contributed by atoms with Gasteiger partial charge in [0.25, 0.3) is 0 Å². The molecule has 2 unspecified atom stereocenters. The average Bonchev–Trinajstić information content (AvgIpc) is 2.67. The van der Waals surface area contributed by atoms with Gasteiger partial charge in [0, 0.05) is 6.54 Å². The van der Waals surface area contributed by atoms with Crippen molar-refractivity contribution in [3.8, 4) is 0 Å². The smallest absolute Gasteiger partial charge is 0.404 e. The number of nitrogens with zero attached hydrogens (tertiary/aromatic N) is 1.